The van der Waals surface area contributed by atoms with Crippen molar-refractivity contribution in [2.75, 3.05) is 11.5 Å². The van der Waals surface area contributed by atoms with Crippen LogP contribution in [-0.4, -0.2) is 31.1 Å². The fraction of sp³-hybridized carbons (Fsp3) is 0.318. The van der Waals surface area contributed by atoms with Crippen LogP contribution in [0.1, 0.15) is 41.6 Å². The van der Waals surface area contributed by atoms with Gasteiger partial charge in [-0.05, 0) is 37.0 Å². The van der Waals surface area contributed by atoms with Crippen molar-refractivity contribution in [3.05, 3.63) is 64.3 Å². The van der Waals surface area contributed by atoms with E-state index in [1.165, 1.54) is 17.0 Å². The van der Waals surface area contributed by atoms with Gasteiger partial charge in [0.1, 0.15) is 10.6 Å². The number of aromatic nitrogens is 2. The van der Waals surface area contributed by atoms with E-state index in [2.05, 4.69) is 14.9 Å². The van der Waals surface area contributed by atoms with Gasteiger partial charge in [0, 0.05) is 18.5 Å². The third-order valence-electron chi connectivity index (χ3n) is 5.67. The summed E-state index contributed by atoms with van der Waals surface area (Å²) in [6.07, 6.45) is 2.04. The van der Waals surface area contributed by atoms with Gasteiger partial charge in [-0.1, -0.05) is 41.0 Å². The van der Waals surface area contributed by atoms with E-state index >= 15 is 0 Å². The lowest BCUT2D eigenvalue weighted by molar-refractivity contribution is -0.121. The molecule has 9 nitrogen and oxygen atoms in total. The van der Waals surface area contributed by atoms with Crippen molar-refractivity contribution < 1.29 is 22.5 Å². The number of nitrogens with zero attached hydrogens (tertiary/aromatic N) is 3. The van der Waals surface area contributed by atoms with Crippen LogP contribution in [0.25, 0.3) is 0 Å². The predicted molar refractivity (Wildman–Crippen MR) is 120 cm³/mol. The van der Waals surface area contributed by atoms with Crippen LogP contribution in [0, 0.1) is 6.92 Å². The average Bonchev–Trinajstić information content (AvgIpc) is 3.53. The maximum atomic E-state index is 13.0. The molecule has 0 unspecified atom stereocenters. The number of rotatable bonds is 7. The molecule has 2 heterocycles. The molecule has 1 N–H and O–H groups in total. The Hall–Kier alpha value is -2.95. The molecule has 0 saturated heterocycles. The van der Waals surface area contributed by atoms with E-state index in [4.69, 9.17) is 20.9 Å². The molecule has 0 radical (unpaired) electrons. The molecule has 172 valence electrons. The highest BCUT2D eigenvalue weighted by Crippen LogP contribution is 2.40. The number of nitrogens with one attached hydrogen (secondary N) is 1. The number of hydrogen-bond donors (Lipinski definition) is 1. The van der Waals surface area contributed by atoms with Gasteiger partial charge in [0.2, 0.25) is 15.9 Å². The number of amides is 1. The standard InChI is InChI=1S/C22H21ClN4O5S/c1-13-4-2-3-5-15(13)10-24-33(29,30)19-9-18-17(8-16(19)23)27(21(28)12-31-18)11-20-25-22(32-26-20)14-6-7-14/h2-5,8-9,14,24H,6-7,10-12H2,1H3. The van der Waals surface area contributed by atoms with E-state index in [0.29, 0.717) is 23.3 Å². The predicted octanol–water partition coefficient (Wildman–Crippen LogP) is 3.31. The summed E-state index contributed by atoms with van der Waals surface area (Å²) in [6.45, 7) is 1.86. The van der Waals surface area contributed by atoms with Crippen molar-refractivity contribution in [3.8, 4) is 5.75 Å². The summed E-state index contributed by atoms with van der Waals surface area (Å²) in [5.74, 6) is 1.16. The van der Waals surface area contributed by atoms with Crippen LogP contribution < -0.4 is 14.4 Å². The molecule has 5 rings (SSSR count). The highest BCUT2D eigenvalue weighted by Gasteiger charge is 2.33. The van der Waals surface area contributed by atoms with E-state index in [9.17, 15) is 13.2 Å². The first-order chi connectivity index (χ1) is 15.8. The molecule has 3 aromatic rings. The molecule has 33 heavy (non-hydrogen) atoms. The number of anilines is 1. The molecule has 1 fully saturated rings. The minimum absolute atomic E-state index is 0.0267. The molecule has 2 aliphatic rings. The minimum Gasteiger partial charge on any atom is -0.482 e. The molecule has 0 spiro atoms. The Morgan fingerprint density at radius 2 is 2.03 bits per heavy atom. The second-order valence-corrected chi connectivity index (χ2v) is 10.2. The topological polar surface area (TPSA) is 115 Å². The number of aryl methyl sites for hydroxylation is 1. The zero-order valence-corrected chi connectivity index (χ0v) is 19.3. The van der Waals surface area contributed by atoms with Crippen molar-refractivity contribution in [1.82, 2.24) is 14.9 Å². The maximum Gasteiger partial charge on any atom is 0.265 e. The SMILES string of the molecule is Cc1ccccc1CNS(=O)(=O)c1cc2c(cc1Cl)N(Cc1noc(C3CC3)n1)C(=O)CO2. The lowest BCUT2D eigenvalue weighted by atomic mass is 10.1. The van der Waals surface area contributed by atoms with E-state index in [-0.39, 0.29) is 41.3 Å². The van der Waals surface area contributed by atoms with E-state index in [1.807, 2.05) is 31.2 Å². The number of halogens is 1. The summed E-state index contributed by atoms with van der Waals surface area (Å²) in [7, 11) is -3.93. The third-order valence-corrected chi connectivity index (χ3v) is 7.54. The van der Waals surface area contributed by atoms with Gasteiger partial charge in [-0.2, -0.15) is 4.98 Å². The molecule has 0 bridgehead atoms. The number of ether oxygens (including phenoxy) is 1. The zero-order valence-electron chi connectivity index (χ0n) is 17.7. The molecule has 1 saturated carbocycles. The van der Waals surface area contributed by atoms with Gasteiger partial charge in [-0.15, -0.1) is 0 Å². The molecule has 1 aliphatic heterocycles. The van der Waals surface area contributed by atoms with Crippen LogP contribution in [0.5, 0.6) is 5.75 Å². The molecule has 1 amide bonds. The minimum atomic E-state index is -3.93. The quantitative estimate of drug-likeness (QED) is 0.542. The number of sulfonamides is 1. The van der Waals surface area contributed by atoms with E-state index in [0.717, 1.165) is 24.0 Å². The van der Waals surface area contributed by atoms with E-state index in [1.54, 1.807) is 0 Å². The Kier molecular flexibility index (Phi) is 5.59. The number of carbonyl (C=O) groups is 1. The fourth-order valence-corrected chi connectivity index (χ4v) is 5.15. The monoisotopic (exact) mass is 488 g/mol. The number of fused-ring (bicyclic) bond motifs is 1. The van der Waals surface area contributed by atoms with Gasteiger partial charge in [0.15, 0.2) is 12.4 Å². The first kappa shape index (κ1) is 21.9. The Labute approximate surface area is 195 Å². The van der Waals surface area contributed by atoms with Crippen LogP contribution in [0.2, 0.25) is 5.02 Å². The normalized spacial score (nSPS) is 15.9. The van der Waals surface area contributed by atoms with Crippen molar-refractivity contribution in [2.45, 2.75) is 43.7 Å². The lowest BCUT2D eigenvalue weighted by Crippen LogP contribution is -2.38. The fourth-order valence-electron chi connectivity index (χ4n) is 3.61. The van der Waals surface area contributed by atoms with Gasteiger partial charge in [0.25, 0.3) is 5.91 Å². The summed E-state index contributed by atoms with van der Waals surface area (Å²) in [4.78, 5) is 18.2. The van der Waals surface area contributed by atoms with Gasteiger partial charge in [0.05, 0.1) is 17.3 Å². The van der Waals surface area contributed by atoms with Gasteiger partial charge in [-0.25, -0.2) is 13.1 Å². The smallest absolute Gasteiger partial charge is 0.265 e. The van der Waals surface area contributed by atoms with Crippen LogP contribution in [-0.2, 0) is 27.9 Å². The highest BCUT2D eigenvalue weighted by atomic mass is 35.5. The molecular formula is C22H21ClN4O5S. The van der Waals surface area contributed by atoms with E-state index < -0.39 is 10.0 Å². The van der Waals surface area contributed by atoms with Gasteiger partial charge >= 0.3 is 0 Å². The van der Waals surface area contributed by atoms with Gasteiger partial charge in [-0.3, -0.25) is 9.69 Å². The number of carbonyl (C=O) groups excluding carboxylic acids is 1. The third kappa shape index (κ3) is 4.46. The summed E-state index contributed by atoms with van der Waals surface area (Å²) >= 11 is 6.37. The Morgan fingerprint density at radius 3 is 2.79 bits per heavy atom. The summed E-state index contributed by atoms with van der Waals surface area (Å²) in [5, 5.41) is 3.93. The molecule has 11 heteroatoms. The zero-order chi connectivity index (χ0) is 23.2. The second kappa shape index (κ2) is 8.44. The molecule has 1 aliphatic carbocycles. The van der Waals surface area contributed by atoms with Crippen LogP contribution >= 0.6 is 11.6 Å². The summed E-state index contributed by atoms with van der Waals surface area (Å²) in [5.41, 5.74) is 2.18. The molecular weight excluding hydrogens is 468 g/mol. The number of hydrogen-bond acceptors (Lipinski definition) is 7. The Morgan fingerprint density at radius 1 is 1.24 bits per heavy atom. The van der Waals surface area contributed by atoms with Crippen molar-refractivity contribution in [1.29, 1.82) is 0 Å². The molecule has 2 aromatic carbocycles. The molecule has 1 aromatic heterocycles. The maximum absolute atomic E-state index is 13.0. The van der Waals surface area contributed by atoms with Gasteiger partial charge < -0.3 is 9.26 Å². The Bertz CT molecular complexity index is 1340. The lowest BCUT2D eigenvalue weighted by Gasteiger charge is -2.29. The largest absolute Gasteiger partial charge is 0.482 e. The second-order valence-electron chi connectivity index (χ2n) is 8.09. The summed E-state index contributed by atoms with van der Waals surface area (Å²) in [6, 6.07) is 10.2. The van der Waals surface area contributed by atoms with Crippen molar-refractivity contribution >= 4 is 33.2 Å². The Balaban J connectivity index is 1.40. The highest BCUT2D eigenvalue weighted by molar-refractivity contribution is 7.89. The van der Waals surface area contributed by atoms with Crippen LogP contribution in [0.3, 0.4) is 0 Å². The van der Waals surface area contributed by atoms with Crippen molar-refractivity contribution in [3.63, 3.8) is 0 Å². The molecule has 0 atom stereocenters. The van der Waals surface area contributed by atoms with Crippen LogP contribution in [0.4, 0.5) is 5.69 Å². The first-order valence-corrected chi connectivity index (χ1v) is 12.3. The average molecular weight is 489 g/mol. The van der Waals surface area contributed by atoms with Crippen molar-refractivity contribution in [2.24, 2.45) is 0 Å². The van der Waals surface area contributed by atoms with Crippen LogP contribution in [0.15, 0.2) is 45.8 Å². The first-order valence-electron chi connectivity index (χ1n) is 10.4. The number of benzene rings is 2. The summed E-state index contributed by atoms with van der Waals surface area (Å²) < 4.78 is 39.3.